The maximum Gasteiger partial charge on any atom is 0.416 e. The second-order valence-electron chi connectivity index (χ2n) is 6.67. The quantitative estimate of drug-likeness (QED) is 0.551. The van der Waals surface area contributed by atoms with Crippen LogP contribution in [-0.4, -0.2) is 22.9 Å². The van der Waals surface area contributed by atoms with E-state index in [1.807, 2.05) is 0 Å². The maximum atomic E-state index is 13.3. The minimum atomic E-state index is -4.56. The molecular weight excluding hydrogens is 398 g/mol. The maximum absolute atomic E-state index is 13.3. The highest BCUT2D eigenvalue weighted by Crippen LogP contribution is 2.40. The molecule has 152 valence electrons. The first-order valence-electron chi connectivity index (χ1n) is 8.94. The Bertz CT molecular complexity index is 1130. The van der Waals surface area contributed by atoms with Crippen LogP contribution in [0.3, 0.4) is 0 Å². The van der Waals surface area contributed by atoms with E-state index in [1.165, 1.54) is 40.3 Å². The van der Waals surface area contributed by atoms with E-state index in [0.717, 1.165) is 12.1 Å². The van der Waals surface area contributed by atoms with Crippen LogP contribution in [0.25, 0.3) is 11.8 Å². The van der Waals surface area contributed by atoms with E-state index in [9.17, 15) is 22.4 Å². The van der Waals surface area contributed by atoms with Gasteiger partial charge in [-0.05, 0) is 54.1 Å². The highest BCUT2D eigenvalue weighted by Gasteiger charge is 2.39. The molecule has 1 aliphatic heterocycles. The van der Waals surface area contributed by atoms with Crippen LogP contribution in [0, 0.1) is 5.82 Å². The van der Waals surface area contributed by atoms with Crippen LogP contribution in [0.4, 0.5) is 23.4 Å². The lowest BCUT2D eigenvalue weighted by Gasteiger charge is -2.30. The summed E-state index contributed by atoms with van der Waals surface area (Å²) in [5.74, 6) is -0.498. The summed E-state index contributed by atoms with van der Waals surface area (Å²) in [5.41, 5.74) is 0.187. The summed E-state index contributed by atoms with van der Waals surface area (Å²) in [4.78, 5) is 17.3. The molecule has 0 saturated carbocycles. The van der Waals surface area contributed by atoms with Crippen molar-refractivity contribution >= 4 is 23.5 Å². The summed E-state index contributed by atoms with van der Waals surface area (Å²) in [7, 11) is 1.59. The molecule has 0 bridgehead atoms. The number of carbonyl (C=O) groups is 1. The number of carbonyl (C=O) groups excluding carboxylic acids is 1. The Balaban J connectivity index is 1.88. The fraction of sp³-hybridized carbons (Fsp3) is 0.0909. The molecule has 30 heavy (non-hydrogen) atoms. The van der Waals surface area contributed by atoms with Crippen molar-refractivity contribution in [2.24, 2.45) is 0 Å². The largest absolute Gasteiger partial charge is 0.416 e. The zero-order valence-electron chi connectivity index (χ0n) is 15.7. The number of nitrogens with zero attached hydrogens (tertiary/aromatic N) is 3. The topological polar surface area (TPSA) is 36.4 Å². The summed E-state index contributed by atoms with van der Waals surface area (Å²) in [6.07, 6.45) is -1.47. The molecule has 0 unspecified atom stereocenters. The van der Waals surface area contributed by atoms with E-state index in [2.05, 4.69) is 4.98 Å². The van der Waals surface area contributed by atoms with Gasteiger partial charge in [-0.1, -0.05) is 18.2 Å². The number of amides is 1. The lowest BCUT2D eigenvalue weighted by molar-refractivity contribution is -0.137. The average molecular weight is 413 g/mol. The van der Waals surface area contributed by atoms with Crippen molar-refractivity contribution in [2.45, 2.75) is 6.18 Å². The molecule has 0 radical (unpaired) electrons. The Morgan fingerprint density at radius 1 is 1.00 bits per heavy atom. The number of hydrogen-bond donors (Lipinski definition) is 0. The molecule has 1 aromatic heterocycles. The van der Waals surface area contributed by atoms with Gasteiger partial charge in [-0.2, -0.15) is 13.2 Å². The smallest absolute Gasteiger partial charge is 0.267 e. The summed E-state index contributed by atoms with van der Waals surface area (Å²) in [5, 5.41) is 2.72. The number of aromatic nitrogens is 1. The van der Waals surface area contributed by atoms with Gasteiger partial charge in [-0.25, -0.2) is 14.4 Å². The van der Waals surface area contributed by atoms with Gasteiger partial charge < -0.3 is 0 Å². The second kappa shape index (κ2) is 7.29. The van der Waals surface area contributed by atoms with Gasteiger partial charge in [0.05, 0.1) is 16.8 Å². The van der Waals surface area contributed by atoms with Crippen molar-refractivity contribution < 1.29 is 22.4 Å². The predicted molar refractivity (Wildman–Crippen MR) is 105 cm³/mol. The minimum Gasteiger partial charge on any atom is -0.267 e. The third kappa shape index (κ3) is 3.52. The first-order chi connectivity index (χ1) is 14.3. The molecule has 0 atom stereocenters. The fourth-order valence-electron chi connectivity index (χ4n) is 3.26. The Labute approximate surface area is 169 Å². The minimum absolute atomic E-state index is 0.138. The van der Waals surface area contributed by atoms with E-state index in [1.54, 1.807) is 37.5 Å². The van der Waals surface area contributed by atoms with E-state index < -0.39 is 23.5 Å². The highest BCUT2D eigenvalue weighted by atomic mass is 19.4. The standard InChI is InChI=1S/C22H15F4N3O/c1-28(20-4-2-3-11-27-20)29-19(12-14-5-8-16(23)9-6-14)18-13-15(22(24,25)26)7-10-17(18)21(29)30/h2-13H,1H3/b19-12-. The third-order valence-corrected chi connectivity index (χ3v) is 4.73. The van der Waals surface area contributed by atoms with Gasteiger partial charge in [0, 0.05) is 18.8 Å². The molecule has 1 aliphatic rings. The first-order valence-corrected chi connectivity index (χ1v) is 8.94. The number of rotatable bonds is 3. The van der Waals surface area contributed by atoms with Crippen LogP contribution >= 0.6 is 0 Å². The van der Waals surface area contributed by atoms with Gasteiger partial charge in [0.25, 0.3) is 5.91 Å². The Kier molecular flexibility index (Phi) is 4.77. The number of hydrogen-bond acceptors (Lipinski definition) is 3. The molecule has 2 heterocycles. The average Bonchev–Trinajstić information content (AvgIpc) is 3.00. The third-order valence-electron chi connectivity index (χ3n) is 4.73. The van der Waals surface area contributed by atoms with Crippen molar-refractivity contribution in [3.05, 3.63) is 94.9 Å². The molecule has 2 aromatic carbocycles. The molecule has 0 spiro atoms. The lowest BCUT2D eigenvalue weighted by Crippen LogP contribution is -2.39. The van der Waals surface area contributed by atoms with Gasteiger partial charge in [0.1, 0.15) is 11.6 Å². The molecule has 0 N–H and O–H groups in total. The predicted octanol–water partition coefficient (Wildman–Crippen LogP) is 5.24. The van der Waals surface area contributed by atoms with Gasteiger partial charge in [0.15, 0.2) is 0 Å². The van der Waals surface area contributed by atoms with E-state index in [0.29, 0.717) is 11.4 Å². The highest BCUT2D eigenvalue weighted by molar-refractivity contribution is 6.12. The molecule has 4 rings (SSSR count). The van der Waals surface area contributed by atoms with E-state index >= 15 is 0 Å². The van der Waals surface area contributed by atoms with E-state index in [-0.39, 0.29) is 16.8 Å². The van der Waals surface area contributed by atoms with Crippen LogP contribution in [0.2, 0.25) is 0 Å². The van der Waals surface area contributed by atoms with Crippen molar-refractivity contribution in [3.8, 4) is 0 Å². The monoisotopic (exact) mass is 413 g/mol. The van der Waals surface area contributed by atoms with Gasteiger partial charge >= 0.3 is 6.18 Å². The van der Waals surface area contributed by atoms with Crippen LogP contribution in [-0.2, 0) is 6.18 Å². The van der Waals surface area contributed by atoms with Crippen molar-refractivity contribution in [1.82, 2.24) is 9.99 Å². The number of benzene rings is 2. The summed E-state index contributed by atoms with van der Waals surface area (Å²) < 4.78 is 53.2. The first kappa shape index (κ1) is 19.6. The number of halogens is 4. The van der Waals surface area contributed by atoms with Crippen molar-refractivity contribution in [1.29, 1.82) is 0 Å². The number of pyridine rings is 1. The summed E-state index contributed by atoms with van der Waals surface area (Å²) >= 11 is 0. The van der Waals surface area contributed by atoms with Crippen LogP contribution in [0.1, 0.15) is 27.0 Å². The molecule has 4 nitrogen and oxygen atoms in total. The van der Waals surface area contributed by atoms with Crippen molar-refractivity contribution in [3.63, 3.8) is 0 Å². The molecule has 0 saturated heterocycles. The number of alkyl halides is 3. The number of anilines is 1. The van der Waals surface area contributed by atoms with Gasteiger partial charge in [0.2, 0.25) is 0 Å². The number of hydrazine groups is 1. The molecule has 3 aromatic rings. The van der Waals surface area contributed by atoms with Gasteiger partial charge in [-0.15, -0.1) is 0 Å². The fourth-order valence-corrected chi connectivity index (χ4v) is 3.26. The Morgan fingerprint density at radius 2 is 1.73 bits per heavy atom. The second-order valence-corrected chi connectivity index (χ2v) is 6.67. The van der Waals surface area contributed by atoms with Crippen LogP contribution in [0.5, 0.6) is 0 Å². The van der Waals surface area contributed by atoms with Crippen LogP contribution < -0.4 is 5.01 Å². The molecular formula is C22H15F4N3O. The Hall–Kier alpha value is -3.68. The normalized spacial score (nSPS) is 14.9. The summed E-state index contributed by atoms with van der Waals surface area (Å²) in [6.45, 7) is 0. The summed E-state index contributed by atoms with van der Waals surface area (Å²) in [6, 6.07) is 13.6. The van der Waals surface area contributed by atoms with E-state index in [4.69, 9.17) is 0 Å². The van der Waals surface area contributed by atoms with Gasteiger partial charge in [-0.3, -0.25) is 9.80 Å². The number of fused-ring (bicyclic) bond motifs is 1. The molecule has 1 amide bonds. The zero-order chi connectivity index (χ0) is 21.5. The van der Waals surface area contributed by atoms with Crippen molar-refractivity contribution in [2.75, 3.05) is 12.1 Å². The zero-order valence-corrected chi connectivity index (χ0v) is 15.7. The molecule has 8 heteroatoms. The SMILES string of the molecule is CN(c1ccccn1)N1C(=O)c2ccc(C(F)(F)F)cc2/C1=C/c1ccc(F)cc1. The lowest BCUT2D eigenvalue weighted by atomic mass is 10.0. The Morgan fingerprint density at radius 3 is 2.37 bits per heavy atom. The van der Waals surface area contributed by atoms with Crippen LogP contribution in [0.15, 0.2) is 66.9 Å². The molecule has 0 fully saturated rings. The molecule has 0 aliphatic carbocycles.